The van der Waals surface area contributed by atoms with E-state index in [0.29, 0.717) is 0 Å². The number of hydrogen-bond donors (Lipinski definition) is 2. The van der Waals surface area contributed by atoms with Gasteiger partial charge in [-0.2, -0.15) is 13.2 Å². The average Bonchev–Trinajstić information content (AvgIpc) is 3.38. The van der Waals surface area contributed by atoms with Crippen LogP contribution in [0.4, 0.5) is 18.9 Å². The summed E-state index contributed by atoms with van der Waals surface area (Å²) in [5.74, 6) is -1.00. The smallest absolute Gasteiger partial charge is 0.348 e. The molecule has 1 aromatic carbocycles. The number of aromatic nitrogens is 1. The van der Waals surface area contributed by atoms with Crippen molar-refractivity contribution in [3.63, 3.8) is 0 Å². The Kier molecular flexibility index (Phi) is 4.43. The molecule has 1 fully saturated rings. The summed E-state index contributed by atoms with van der Waals surface area (Å²) in [6.45, 7) is 0. The maximum atomic E-state index is 12.7. The standard InChI is InChI=1S/C17H14F3N3O2/c18-17(19,20)11-2-1-3-13(9-11)23-15(24)10-6-7-21-14(8-10)16(25)22-12-4-5-12/h1-3,6-9,12H,4-5H2,(H,22,25)(H,23,24). The number of benzene rings is 1. The van der Waals surface area contributed by atoms with Gasteiger partial charge in [0.05, 0.1) is 5.56 Å². The van der Waals surface area contributed by atoms with E-state index in [1.165, 1.54) is 30.5 Å². The van der Waals surface area contributed by atoms with Crippen molar-refractivity contribution in [2.24, 2.45) is 0 Å². The summed E-state index contributed by atoms with van der Waals surface area (Å²) in [7, 11) is 0. The third-order valence-electron chi connectivity index (χ3n) is 3.62. The first-order chi connectivity index (χ1) is 11.8. The molecule has 2 amide bonds. The van der Waals surface area contributed by atoms with E-state index in [9.17, 15) is 22.8 Å². The Morgan fingerprint density at radius 2 is 1.84 bits per heavy atom. The van der Waals surface area contributed by atoms with E-state index in [0.717, 1.165) is 25.0 Å². The lowest BCUT2D eigenvalue weighted by atomic mass is 10.1. The molecule has 0 aliphatic heterocycles. The maximum Gasteiger partial charge on any atom is 0.416 e. The van der Waals surface area contributed by atoms with E-state index in [1.54, 1.807) is 0 Å². The lowest BCUT2D eigenvalue weighted by molar-refractivity contribution is -0.137. The molecule has 1 aromatic heterocycles. The molecule has 1 saturated carbocycles. The van der Waals surface area contributed by atoms with Crippen LogP contribution in [0.3, 0.4) is 0 Å². The summed E-state index contributed by atoms with van der Waals surface area (Å²) in [6.07, 6.45) is -1.35. The number of halogens is 3. The average molecular weight is 349 g/mol. The van der Waals surface area contributed by atoms with Crippen molar-refractivity contribution in [2.75, 3.05) is 5.32 Å². The van der Waals surface area contributed by atoms with Gasteiger partial charge in [-0.1, -0.05) is 6.07 Å². The summed E-state index contributed by atoms with van der Waals surface area (Å²) < 4.78 is 38.1. The lowest BCUT2D eigenvalue weighted by Crippen LogP contribution is -2.26. The number of nitrogens with zero attached hydrogens (tertiary/aromatic N) is 1. The van der Waals surface area contributed by atoms with Gasteiger partial charge in [0.15, 0.2) is 0 Å². The predicted octanol–water partition coefficient (Wildman–Crippen LogP) is 3.24. The predicted molar refractivity (Wildman–Crippen MR) is 84.1 cm³/mol. The second-order valence-electron chi connectivity index (χ2n) is 5.71. The Morgan fingerprint density at radius 1 is 1.08 bits per heavy atom. The van der Waals surface area contributed by atoms with Crippen molar-refractivity contribution in [1.82, 2.24) is 10.3 Å². The number of pyridine rings is 1. The van der Waals surface area contributed by atoms with Crippen LogP contribution >= 0.6 is 0 Å². The number of rotatable bonds is 4. The van der Waals surface area contributed by atoms with E-state index in [1.807, 2.05) is 0 Å². The zero-order chi connectivity index (χ0) is 18.0. The molecule has 0 spiro atoms. The van der Waals surface area contributed by atoms with E-state index < -0.39 is 17.6 Å². The summed E-state index contributed by atoms with van der Waals surface area (Å²) in [5, 5.41) is 5.14. The molecule has 0 radical (unpaired) electrons. The SMILES string of the molecule is O=C(Nc1cccc(C(F)(F)F)c1)c1ccnc(C(=O)NC2CC2)c1. The molecule has 3 rings (SSSR count). The molecule has 2 aromatic rings. The van der Waals surface area contributed by atoms with E-state index in [-0.39, 0.29) is 28.9 Å². The number of hydrogen-bond acceptors (Lipinski definition) is 3. The van der Waals surface area contributed by atoms with Crippen LogP contribution in [0.2, 0.25) is 0 Å². The van der Waals surface area contributed by atoms with Gasteiger partial charge in [-0.3, -0.25) is 14.6 Å². The van der Waals surface area contributed by atoms with Crippen molar-refractivity contribution in [3.8, 4) is 0 Å². The van der Waals surface area contributed by atoms with Crippen LogP contribution in [0, 0.1) is 0 Å². The molecule has 130 valence electrons. The van der Waals surface area contributed by atoms with Crippen LogP contribution in [0.15, 0.2) is 42.6 Å². The number of anilines is 1. The largest absolute Gasteiger partial charge is 0.416 e. The molecule has 0 atom stereocenters. The van der Waals surface area contributed by atoms with Gasteiger partial charge in [0.1, 0.15) is 5.69 Å². The molecule has 1 aliphatic carbocycles. The Balaban J connectivity index is 1.74. The van der Waals surface area contributed by atoms with Crippen LogP contribution in [0.1, 0.15) is 39.3 Å². The summed E-state index contributed by atoms with van der Waals surface area (Å²) >= 11 is 0. The molecular formula is C17H14F3N3O2. The zero-order valence-electron chi connectivity index (χ0n) is 12.9. The van der Waals surface area contributed by atoms with Gasteiger partial charge in [0.25, 0.3) is 11.8 Å². The third-order valence-corrected chi connectivity index (χ3v) is 3.62. The van der Waals surface area contributed by atoms with Crippen molar-refractivity contribution < 1.29 is 22.8 Å². The van der Waals surface area contributed by atoms with Gasteiger partial charge in [-0.25, -0.2) is 0 Å². The summed E-state index contributed by atoms with van der Waals surface area (Å²) in [4.78, 5) is 28.1. The minimum absolute atomic E-state index is 0.0145. The summed E-state index contributed by atoms with van der Waals surface area (Å²) in [6, 6.07) is 7.17. The monoisotopic (exact) mass is 349 g/mol. The molecular weight excluding hydrogens is 335 g/mol. The van der Waals surface area contributed by atoms with Gasteiger partial charge in [-0.05, 0) is 43.2 Å². The molecule has 25 heavy (non-hydrogen) atoms. The van der Waals surface area contributed by atoms with Crippen molar-refractivity contribution >= 4 is 17.5 Å². The van der Waals surface area contributed by atoms with E-state index in [4.69, 9.17) is 0 Å². The van der Waals surface area contributed by atoms with E-state index in [2.05, 4.69) is 15.6 Å². The fourth-order valence-corrected chi connectivity index (χ4v) is 2.16. The normalized spacial score (nSPS) is 14.0. The fourth-order valence-electron chi connectivity index (χ4n) is 2.16. The highest BCUT2D eigenvalue weighted by Gasteiger charge is 2.30. The Bertz CT molecular complexity index is 817. The maximum absolute atomic E-state index is 12.7. The second-order valence-corrected chi connectivity index (χ2v) is 5.71. The first-order valence-electron chi connectivity index (χ1n) is 7.58. The van der Waals surface area contributed by atoms with E-state index >= 15 is 0 Å². The van der Waals surface area contributed by atoms with Crippen LogP contribution in [0.25, 0.3) is 0 Å². The topological polar surface area (TPSA) is 71.1 Å². The zero-order valence-corrected chi connectivity index (χ0v) is 12.9. The molecule has 0 saturated heterocycles. The number of carbonyl (C=O) groups is 2. The minimum atomic E-state index is -4.49. The number of alkyl halides is 3. The van der Waals surface area contributed by atoms with Crippen LogP contribution in [-0.2, 0) is 6.18 Å². The van der Waals surface area contributed by atoms with Crippen LogP contribution in [0.5, 0.6) is 0 Å². The fraction of sp³-hybridized carbons (Fsp3) is 0.235. The first-order valence-corrected chi connectivity index (χ1v) is 7.58. The number of carbonyl (C=O) groups excluding carboxylic acids is 2. The van der Waals surface area contributed by atoms with Gasteiger partial charge in [0, 0.05) is 23.5 Å². The molecule has 1 heterocycles. The van der Waals surface area contributed by atoms with Gasteiger partial charge in [-0.15, -0.1) is 0 Å². The Labute approximate surface area is 141 Å². The molecule has 8 heteroatoms. The van der Waals surface area contributed by atoms with Gasteiger partial charge < -0.3 is 10.6 Å². The summed E-state index contributed by atoms with van der Waals surface area (Å²) in [5.41, 5.74) is -0.623. The first kappa shape index (κ1) is 16.9. The highest BCUT2D eigenvalue weighted by Crippen LogP contribution is 2.30. The molecule has 0 unspecified atom stereocenters. The van der Waals surface area contributed by atoms with Crippen molar-refractivity contribution in [1.29, 1.82) is 0 Å². The Morgan fingerprint density at radius 3 is 2.52 bits per heavy atom. The molecule has 1 aliphatic rings. The molecule has 5 nitrogen and oxygen atoms in total. The highest BCUT2D eigenvalue weighted by atomic mass is 19.4. The quantitative estimate of drug-likeness (QED) is 0.890. The van der Waals surface area contributed by atoms with Crippen molar-refractivity contribution in [2.45, 2.75) is 25.1 Å². The highest BCUT2D eigenvalue weighted by molar-refractivity contribution is 6.05. The lowest BCUT2D eigenvalue weighted by Gasteiger charge is -2.10. The van der Waals surface area contributed by atoms with Crippen LogP contribution in [-0.4, -0.2) is 22.8 Å². The third kappa shape index (κ3) is 4.34. The number of amides is 2. The molecule has 0 bridgehead atoms. The van der Waals surface area contributed by atoms with Gasteiger partial charge >= 0.3 is 6.18 Å². The Hall–Kier alpha value is -2.90. The molecule has 2 N–H and O–H groups in total. The second kappa shape index (κ2) is 6.54. The number of nitrogens with one attached hydrogen (secondary N) is 2. The van der Waals surface area contributed by atoms with Gasteiger partial charge in [0.2, 0.25) is 0 Å². The van der Waals surface area contributed by atoms with Crippen LogP contribution < -0.4 is 10.6 Å². The minimum Gasteiger partial charge on any atom is -0.348 e. The van der Waals surface area contributed by atoms with Crippen molar-refractivity contribution in [3.05, 3.63) is 59.4 Å².